The second-order valence-electron chi connectivity index (χ2n) is 4.69. The minimum atomic E-state index is -3.30. The highest BCUT2D eigenvalue weighted by atomic mass is 28.4. The van der Waals surface area contributed by atoms with Gasteiger partial charge in [-0.05, 0) is 20.8 Å². The lowest BCUT2D eigenvalue weighted by molar-refractivity contribution is -0.157. The molecule has 0 saturated carbocycles. The van der Waals surface area contributed by atoms with Crippen molar-refractivity contribution in [2.24, 2.45) is 0 Å². The van der Waals surface area contributed by atoms with Crippen LogP contribution in [0.1, 0.15) is 20.8 Å². The smallest absolute Gasteiger partial charge is 0.357 e. The summed E-state index contributed by atoms with van der Waals surface area (Å²) in [6, 6.07) is 9.53. The van der Waals surface area contributed by atoms with E-state index in [0.717, 1.165) is 5.19 Å². The second-order valence-corrected chi connectivity index (χ2v) is 7.08. The lowest BCUT2D eigenvalue weighted by Crippen LogP contribution is -2.61. The summed E-state index contributed by atoms with van der Waals surface area (Å²) in [7, 11) is 1.39. The van der Waals surface area contributed by atoms with E-state index in [-0.39, 0.29) is 0 Å². The van der Waals surface area contributed by atoms with E-state index in [9.17, 15) is 0 Å². The standard InChI is InChI=1S/C15H26O6Si/c1-12(16-4)19-22(20-13(2)17-5,21-14(3)18-6)15-10-8-7-9-11-15/h7-14H,1-6H3. The lowest BCUT2D eigenvalue weighted by atomic mass is 10.4. The van der Waals surface area contributed by atoms with E-state index < -0.39 is 27.7 Å². The summed E-state index contributed by atoms with van der Waals surface area (Å²) < 4.78 is 33.8. The van der Waals surface area contributed by atoms with Crippen molar-refractivity contribution >= 4 is 14.0 Å². The molecule has 0 aliphatic rings. The summed E-state index contributed by atoms with van der Waals surface area (Å²) in [5, 5.41) is 0.812. The average molecular weight is 330 g/mol. The largest absolute Gasteiger partial charge is 0.543 e. The van der Waals surface area contributed by atoms with Crippen LogP contribution in [0.25, 0.3) is 0 Å². The number of methoxy groups -OCH3 is 3. The maximum absolute atomic E-state index is 6.03. The van der Waals surface area contributed by atoms with Gasteiger partial charge in [0, 0.05) is 26.5 Å². The molecule has 3 atom stereocenters. The Morgan fingerprint density at radius 1 is 0.682 bits per heavy atom. The van der Waals surface area contributed by atoms with E-state index in [1.54, 1.807) is 42.1 Å². The van der Waals surface area contributed by atoms with Crippen molar-refractivity contribution < 1.29 is 27.5 Å². The fourth-order valence-corrected chi connectivity index (χ4v) is 4.50. The van der Waals surface area contributed by atoms with Gasteiger partial charge in [0.2, 0.25) is 0 Å². The molecule has 6 nitrogen and oxygen atoms in total. The van der Waals surface area contributed by atoms with E-state index in [1.165, 1.54) is 0 Å². The first-order valence-corrected chi connectivity index (χ1v) is 8.87. The summed E-state index contributed by atoms with van der Waals surface area (Å²) >= 11 is 0. The Morgan fingerprint density at radius 2 is 1.05 bits per heavy atom. The van der Waals surface area contributed by atoms with E-state index in [2.05, 4.69) is 0 Å². The minimum absolute atomic E-state index is 0.500. The monoisotopic (exact) mass is 330 g/mol. The van der Waals surface area contributed by atoms with Gasteiger partial charge < -0.3 is 27.5 Å². The Morgan fingerprint density at radius 3 is 1.36 bits per heavy atom. The Labute approximate surface area is 133 Å². The van der Waals surface area contributed by atoms with Crippen molar-refractivity contribution in [2.45, 2.75) is 39.6 Å². The van der Waals surface area contributed by atoms with Gasteiger partial charge in [-0.25, -0.2) is 0 Å². The van der Waals surface area contributed by atoms with Gasteiger partial charge in [-0.1, -0.05) is 30.3 Å². The number of hydrogen-bond donors (Lipinski definition) is 0. The van der Waals surface area contributed by atoms with Crippen LogP contribution in [0.15, 0.2) is 30.3 Å². The molecule has 0 radical (unpaired) electrons. The maximum Gasteiger partial charge on any atom is 0.543 e. The first-order valence-electron chi connectivity index (χ1n) is 7.14. The molecule has 7 heteroatoms. The highest BCUT2D eigenvalue weighted by Gasteiger charge is 2.48. The minimum Gasteiger partial charge on any atom is -0.357 e. The molecule has 1 aromatic rings. The van der Waals surface area contributed by atoms with Crippen LogP contribution in [0.5, 0.6) is 0 Å². The highest BCUT2D eigenvalue weighted by Crippen LogP contribution is 2.19. The molecule has 3 unspecified atom stereocenters. The lowest BCUT2D eigenvalue weighted by Gasteiger charge is -2.35. The van der Waals surface area contributed by atoms with Gasteiger partial charge >= 0.3 is 8.80 Å². The third-order valence-electron chi connectivity index (χ3n) is 3.09. The first kappa shape index (κ1) is 19.2. The Hall–Kier alpha value is -0.803. The zero-order valence-corrected chi connectivity index (χ0v) is 15.1. The first-order chi connectivity index (χ1) is 10.5. The molecule has 1 rings (SSSR count). The summed E-state index contributed by atoms with van der Waals surface area (Å²) in [5.74, 6) is 0. The molecule has 0 N–H and O–H groups in total. The van der Waals surface area contributed by atoms with Crippen LogP contribution in [-0.4, -0.2) is 49.0 Å². The molecule has 0 spiro atoms. The van der Waals surface area contributed by atoms with Crippen LogP contribution < -0.4 is 5.19 Å². The van der Waals surface area contributed by atoms with Gasteiger partial charge in [0.25, 0.3) is 0 Å². The molecule has 0 aromatic heterocycles. The van der Waals surface area contributed by atoms with Crippen molar-refractivity contribution in [3.8, 4) is 0 Å². The molecule has 126 valence electrons. The molecule has 0 saturated heterocycles. The molecular weight excluding hydrogens is 304 g/mol. The van der Waals surface area contributed by atoms with Gasteiger partial charge in [0.1, 0.15) is 18.9 Å². The predicted octanol–water partition coefficient (Wildman–Crippen LogP) is 1.86. The van der Waals surface area contributed by atoms with Crippen molar-refractivity contribution in [1.82, 2.24) is 0 Å². The average Bonchev–Trinajstić information content (AvgIpc) is 2.54. The third-order valence-corrected chi connectivity index (χ3v) is 6.05. The number of rotatable bonds is 10. The van der Waals surface area contributed by atoms with Gasteiger partial charge in [-0.15, -0.1) is 0 Å². The zero-order chi connectivity index (χ0) is 16.6. The van der Waals surface area contributed by atoms with Gasteiger partial charge in [0.15, 0.2) is 0 Å². The number of ether oxygens (including phenoxy) is 3. The van der Waals surface area contributed by atoms with E-state index in [0.29, 0.717) is 0 Å². The molecule has 0 heterocycles. The molecule has 0 aliphatic carbocycles. The SMILES string of the molecule is COC(C)O[Si](OC(C)OC)(OC(C)OC)c1ccccc1. The van der Waals surface area contributed by atoms with Crippen molar-refractivity contribution in [3.63, 3.8) is 0 Å². The fraction of sp³-hybridized carbons (Fsp3) is 0.600. The van der Waals surface area contributed by atoms with Gasteiger partial charge in [-0.2, -0.15) is 0 Å². The van der Waals surface area contributed by atoms with Crippen LogP contribution in [0.2, 0.25) is 0 Å². The Bertz CT molecular complexity index is 384. The summed E-state index contributed by atoms with van der Waals surface area (Å²) in [6.45, 7) is 5.35. The van der Waals surface area contributed by atoms with E-state index >= 15 is 0 Å². The van der Waals surface area contributed by atoms with Crippen LogP contribution in [0, 0.1) is 0 Å². The Balaban J connectivity index is 3.21. The van der Waals surface area contributed by atoms with Crippen molar-refractivity contribution in [3.05, 3.63) is 30.3 Å². The predicted molar refractivity (Wildman–Crippen MR) is 84.5 cm³/mol. The molecule has 0 amide bonds. The topological polar surface area (TPSA) is 55.4 Å². The fourth-order valence-electron chi connectivity index (χ4n) is 1.73. The summed E-state index contributed by atoms with van der Waals surface area (Å²) in [4.78, 5) is 0. The molecule has 1 aromatic carbocycles. The van der Waals surface area contributed by atoms with E-state index in [1.807, 2.05) is 30.3 Å². The quantitative estimate of drug-likeness (QED) is 0.482. The van der Waals surface area contributed by atoms with Gasteiger partial charge in [0.05, 0.1) is 0 Å². The maximum atomic E-state index is 6.03. The van der Waals surface area contributed by atoms with Crippen LogP contribution in [0.3, 0.4) is 0 Å². The van der Waals surface area contributed by atoms with E-state index in [4.69, 9.17) is 27.5 Å². The normalized spacial score (nSPS) is 18.5. The van der Waals surface area contributed by atoms with Crippen LogP contribution in [-0.2, 0) is 27.5 Å². The number of hydrogen-bond acceptors (Lipinski definition) is 6. The Kier molecular flexibility index (Phi) is 8.19. The summed E-state index contributed by atoms with van der Waals surface area (Å²) in [6.07, 6.45) is -1.50. The second kappa shape index (κ2) is 9.36. The molecular formula is C15H26O6Si. The van der Waals surface area contributed by atoms with Crippen molar-refractivity contribution in [1.29, 1.82) is 0 Å². The molecule has 0 aliphatic heterocycles. The highest BCUT2D eigenvalue weighted by molar-refractivity contribution is 6.75. The third kappa shape index (κ3) is 5.44. The molecule has 0 bridgehead atoms. The molecule has 0 fully saturated rings. The zero-order valence-electron chi connectivity index (χ0n) is 14.1. The number of benzene rings is 1. The molecule has 22 heavy (non-hydrogen) atoms. The van der Waals surface area contributed by atoms with Crippen LogP contribution >= 0.6 is 0 Å². The summed E-state index contributed by atoms with van der Waals surface area (Å²) in [5.41, 5.74) is 0. The van der Waals surface area contributed by atoms with Gasteiger partial charge in [-0.3, -0.25) is 0 Å². The van der Waals surface area contributed by atoms with Crippen LogP contribution in [0.4, 0.5) is 0 Å². The van der Waals surface area contributed by atoms with Crippen molar-refractivity contribution in [2.75, 3.05) is 21.3 Å².